The van der Waals surface area contributed by atoms with Crippen LogP contribution in [0.2, 0.25) is 0 Å². The minimum Gasteiger partial charge on any atom is -0.394 e. The van der Waals surface area contributed by atoms with Crippen molar-refractivity contribution in [1.29, 1.82) is 0 Å². The molecule has 1 aliphatic heterocycles. The van der Waals surface area contributed by atoms with E-state index in [-0.39, 0.29) is 24.7 Å². The van der Waals surface area contributed by atoms with Gasteiger partial charge in [-0.3, -0.25) is 9.89 Å². The van der Waals surface area contributed by atoms with E-state index in [0.29, 0.717) is 13.1 Å². The van der Waals surface area contributed by atoms with Crippen molar-refractivity contribution in [2.75, 3.05) is 13.2 Å². The fourth-order valence-electron chi connectivity index (χ4n) is 3.04. The zero-order chi connectivity index (χ0) is 19.5. The number of H-pyrrole nitrogens is 1. The van der Waals surface area contributed by atoms with Crippen molar-refractivity contribution >= 4 is 17.9 Å². The summed E-state index contributed by atoms with van der Waals surface area (Å²) in [5, 5.41) is 21.1. The fourth-order valence-corrected chi connectivity index (χ4v) is 3.78. The lowest BCUT2D eigenvalue weighted by Gasteiger charge is -2.24. The Morgan fingerprint density at radius 3 is 2.93 bits per heavy atom. The average molecular weight is 403 g/mol. The van der Waals surface area contributed by atoms with Crippen LogP contribution in [0.5, 0.6) is 0 Å². The number of ether oxygens (including phenoxy) is 1. The number of benzene rings is 1. The number of amides is 1. The van der Waals surface area contributed by atoms with Crippen molar-refractivity contribution in [3.8, 4) is 0 Å². The Hall–Kier alpha value is -2.69. The molecule has 8 nitrogen and oxygen atoms in total. The lowest BCUT2D eigenvalue weighted by atomic mass is 10.1. The molecule has 0 saturated heterocycles. The second-order valence-corrected chi connectivity index (χ2v) is 7.20. The third-order valence-electron chi connectivity index (χ3n) is 4.32. The van der Waals surface area contributed by atoms with Gasteiger partial charge >= 0.3 is 0 Å². The third kappa shape index (κ3) is 3.79. The number of carbonyl (C=O) groups excluding carboxylic acids is 1. The van der Waals surface area contributed by atoms with Crippen molar-refractivity contribution in [2.45, 2.75) is 24.2 Å². The van der Waals surface area contributed by atoms with Crippen molar-refractivity contribution in [2.24, 2.45) is 0 Å². The maximum Gasteiger partial charge on any atom is 0.257 e. The van der Waals surface area contributed by atoms with Crippen LogP contribution in [0, 0.1) is 5.82 Å². The highest BCUT2D eigenvalue weighted by atomic mass is 32.2. The first-order valence-electron chi connectivity index (χ1n) is 8.66. The molecule has 0 aliphatic carbocycles. The summed E-state index contributed by atoms with van der Waals surface area (Å²) >= 11 is 1.39. The van der Waals surface area contributed by atoms with Gasteiger partial charge in [-0.15, -0.1) is 0 Å². The molecule has 1 aromatic carbocycles. The highest BCUT2D eigenvalue weighted by Crippen LogP contribution is 2.30. The van der Waals surface area contributed by atoms with Crippen LogP contribution in [-0.4, -0.2) is 48.5 Å². The molecule has 3 aromatic rings. The number of aliphatic hydroxyl groups excluding tert-OH is 1. The highest BCUT2D eigenvalue weighted by molar-refractivity contribution is 7.97. The Kier molecular flexibility index (Phi) is 5.42. The number of aromatic amines is 1. The zero-order valence-corrected chi connectivity index (χ0v) is 15.6. The molecule has 2 N–H and O–H groups in total. The molecule has 1 unspecified atom stereocenters. The van der Waals surface area contributed by atoms with Gasteiger partial charge in [0.25, 0.3) is 5.91 Å². The van der Waals surface area contributed by atoms with E-state index in [9.17, 15) is 9.18 Å². The second kappa shape index (κ2) is 8.13. The van der Waals surface area contributed by atoms with Gasteiger partial charge in [0.05, 0.1) is 25.5 Å². The monoisotopic (exact) mass is 403 g/mol. The fraction of sp³-hybridized carbons (Fsp3) is 0.278. The lowest BCUT2D eigenvalue weighted by molar-refractivity contribution is -0.145. The van der Waals surface area contributed by atoms with Crippen LogP contribution in [0.15, 0.2) is 47.8 Å². The molecular formula is C18H18FN5O3S. The molecule has 0 spiro atoms. The molecule has 1 aliphatic rings. The van der Waals surface area contributed by atoms with Crippen molar-refractivity contribution in [1.82, 2.24) is 24.3 Å². The predicted octanol–water partition coefficient (Wildman–Crippen LogP) is 1.89. The van der Waals surface area contributed by atoms with Crippen LogP contribution >= 0.6 is 11.9 Å². The van der Waals surface area contributed by atoms with Crippen LogP contribution in [0.25, 0.3) is 0 Å². The summed E-state index contributed by atoms with van der Waals surface area (Å²) in [4.78, 5) is 14.6. The molecule has 2 aromatic heterocycles. The van der Waals surface area contributed by atoms with E-state index in [4.69, 9.17) is 9.84 Å². The van der Waals surface area contributed by atoms with E-state index >= 15 is 0 Å². The minimum atomic E-state index is -1.11. The molecule has 4 rings (SSSR count). The first-order valence-corrected chi connectivity index (χ1v) is 9.44. The van der Waals surface area contributed by atoms with Gasteiger partial charge in [-0.25, -0.2) is 8.48 Å². The van der Waals surface area contributed by atoms with Gasteiger partial charge < -0.3 is 14.7 Å². The molecule has 3 heterocycles. The Labute approximate surface area is 164 Å². The number of fused-ring (bicyclic) bond motifs is 1. The molecule has 0 fully saturated rings. The van der Waals surface area contributed by atoms with E-state index in [0.717, 1.165) is 16.3 Å². The van der Waals surface area contributed by atoms with E-state index in [2.05, 4.69) is 15.3 Å². The average Bonchev–Trinajstić information content (AvgIpc) is 3.40. The van der Waals surface area contributed by atoms with Crippen LogP contribution in [0.3, 0.4) is 0 Å². The molecule has 1 atom stereocenters. The van der Waals surface area contributed by atoms with E-state index in [1.165, 1.54) is 24.1 Å². The van der Waals surface area contributed by atoms with Gasteiger partial charge in [-0.2, -0.15) is 10.2 Å². The standard InChI is InChI=1S/C18H18FN5O3S/c19-14-4-2-1-3-13(14)17(27-8-7-25)18(26)23-9-12-10-24(22-15(12)11-23)28-16-5-6-20-21-16/h1-6,10,17,25H,7-9,11H2,(H,20,21). The zero-order valence-electron chi connectivity index (χ0n) is 14.8. The smallest absolute Gasteiger partial charge is 0.257 e. The van der Waals surface area contributed by atoms with Crippen LogP contribution in [0.4, 0.5) is 4.39 Å². The molecule has 0 radical (unpaired) electrons. The van der Waals surface area contributed by atoms with Crippen molar-refractivity contribution in [3.63, 3.8) is 0 Å². The number of nitrogens with one attached hydrogen (secondary N) is 1. The second-order valence-electron chi connectivity index (χ2n) is 6.21. The van der Waals surface area contributed by atoms with Gasteiger partial charge in [-0.05, 0) is 12.1 Å². The van der Waals surface area contributed by atoms with Crippen molar-refractivity contribution in [3.05, 3.63) is 65.4 Å². The summed E-state index contributed by atoms with van der Waals surface area (Å²) < 4.78 is 21.4. The largest absolute Gasteiger partial charge is 0.394 e. The first-order chi connectivity index (χ1) is 13.7. The molecule has 0 bridgehead atoms. The number of hydrogen-bond acceptors (Lipinski definition) is 6. The van der Waals surface area contributed by atoms with Crippen molar-refractivity contribution < 1.29 is 19.0 Å². The molecule has 0 saturated carbocycles. The molecular weight excluding hydrogens is 385 g/mol. The predicted molar refractivity (Wildman–Crippen MR) is 98.5 cm³/mol. The Balaban J connectivity index is 1.48. The summed E-state index contributed by atoms with van der Waals surface area (Å²) in [6, 6.07) is 7.85. The minimum absolute atomic E-state index is 0.0587. The summed E-state index contributed by atoms with van der Waals surface area (Å²) in [6.45, 7) is 0.371. The number of halogens is 1. The topological polar surface area (TPSA) is 96.3 Å². The Bertz CT molecular complexity index is 939. The molecule has 28 heavy (non-hydrogen) atoms. The quantitative estimate of drug-likeness (QED) is 0.626. The number of nitrogens with zero attached hydrogens (tertiary/aromatic N) is 4. The normalized spacial score (nSPS) is 14.3. The SMILES string of the molecule is O=C(C(OCCO)c1ccccc1F)N1Cc2cn(Sc3ccn[nH]3)nc2C1. The molecule has 10 heteroatoms. The van der Waals surface area contributed by atoms with E-state index < -0.39 is 11.9 Å². The Morgan fingerprint density at radius 2 is 2.21 bits per heavy atom. The number of rotatable bonds is 7. The van der Waals surface area contributed by atoms with Gasteiger partial charge in [-0.1, -0.05) is 18.2 Å². The molecule has 1 amide bonds. The third-order valence-corrected chi connectivity index (χ3v) is 5.12. The number of hydrogen-bond donors (Lipinski definition) is 2. The lowest BCUT2D eigenvalue weighted by Crippen LogP contribution is -2.33. The summed E-state index contributed by atoms with van der Waals surface area (Å²) in [5.41, 5.74) is 1.87. The summed E-state index contributed by atoms with van der Waals surface area (Å²) in [5.74, 6) is -0.874. The number of aromatic nitrogens is 4. The number of aliphatic hydroxyl groups is 1. The maximum atomic E-state index is 14.2. The van der Waals surface area contributed by atoms with Gasteiger partial charge in [0.2, 0.25) is 0 Å². The van der Waals surface area contributed by atoms with Crippen LogP contribution in [-0.2, 0) is 22.6 Å². The van der Waals surface area contributed by atoms with Gasteiger partial charge in [0, 0.05) is 42.0 Å². The maximum absolute atomic E-state index is 14.2. The van der Waals surface area contributed by atoms with E-state index in [1.807, 2.05) is 12.3 Å². The van der Waals surface area contributed by atoms with E-state index in [1.54, 1.807) is 27.3 Å². The Morgan fingerprint density at radius 1 is 1.36 bits per heavy atom. The van der Waals surface area contributed by atoms with Gasteiger partial charge in [0.15, 0.2) is 6.10 Å². The highest BCUT2D eigenvalue weighted by Gasteiger charge is 2.33. The van der Waals surface area contributed by atoms with Gasteiger partial charge in [0.1, 0.15) is 10.8 Å². The number of carbonyl (C=O) groups is 1. The first kappa shape index (κ1) is 18.7. The molecule has 146 valence electrons. The van der Waals surface area contributed by atoms with Crippen LogP contribution in [0.1, 0.15) is 22.9 Å². The summed E-state index contributed by atoms with van der Waals surface area (Å²) in [7, 11) is 0. The summed E-state index contributed by atoms with van der Waals surface area (Å²) in [6.07, 6.45) is 2.42. The van der Waals surface area contributed by atoms with Crippen LogP contribution < -0.4 is 0 Å².